The van der Waals surface area contributed by atoms with E-state index in [1.54, 1.807) is 0 Å². The lowest BCUT2D eigenvalue weighted by Crippen LogP contribution is -2.41. The summed E-state index contributed by atoms with van der Waals surface area (Å²) in [5.74, 6) is 0. The van der Waals surface area contributed by atoms with Crippen LogP contribution in [0.5, 0.6) is 0 Å². The minimum Gasteiger partial charge on any atom is -0.410 e. The molecule has 0 aliphatic rings. The van der Waals surface area contributed by atoms with Crippen molar-refractivity contribution in [2.45, 2.75) is 51.9 Å². The highest BCUT2D eigenvalue weighted by atomic mass is 79.9. The fraction of sp³-hybridized carbons (Fsp3) is 0.571. The van der Waals surface area contributed by atoms with Crippen LogP contribution in [0.1, 0.15) is 39.4 Å². The first kappa shape index (κ1) is 14.9. The Kier molecular flexibility index (Phi) is 4.61. The van der Waals surface area contributed by atoms with Crippen LogP contribution in [0.4, 0.5) is 0 Å². The summed E-state index contributed by atoms with van der Waals surface area (Å²) >= 11 is 3.51. The Morgan fingerprint density at radius 2 is 1.82 bits per heavy atom. The number of halogens is 1. The van der Waals surface area contributed by atoms with E-state index in [-0.39, 0.29) is 11.1 Å². The van der Waals surface area contributed by atoms with Crippen LogP contribution in [0.25, 0.3) is 0 Å². The molecule has 1 unspecified atom stereocenters. The van der Waals surface area contributed by atoms with Gasteiger partial charge < -0.3 is 4.43 Å². The van der Waals surface area contributed by atoms with Crippen molar-refractivity contribution < 1.29 is 4.43 Å². The predicted octanol–water partition coefficient (Wildman–Crippen LogP) is 5.53. The molecular weight excluding hydrogens is 292 g/mol. The van der Waals surface area contributed by atoms with Crippen molar-refractivity contribution in [3.05, 3.63) is 34.3 Å². The van der Waals surface area contributed by atoms with Crippen molar-refractivity contribution in [2.75, 3.05) is 0 Å². The first-order chi connectivity index (χ1) is 7.63. The highest BCUT2D eigenvalue weighted by Gasteiger charge is 2.38. The SMILES string of the molecule is CC(O[Si](C)(C)C(C)(C)C)c1cccc(Br)c1. The molecule has 1 nitrogen and oxygen atoms in total. The van der Waals surface area contributed by atoms with Gasteiger partial charge in [-0.25, -0.2) is 0 Å². The molecule has 0 aliphatic carbocycles. The van der Waals surface area contributed by atoms with Gasteiger partial charge in [0.1, 0.15) is 0 Å². The minimum atomic E-state index is -1.68. The van der Waals surface area contributed by atoms with Crippen LogP contribution in [0, 0.1) is 0 Å². The fourth-order valence-electron chi connectivity index (χ4n) is 1.45. The standard InChI is InChI=1S/C14H23BrOSi/c1-11(12-8-7-9-13(15)10-12)16-17(5,6)14(2,3)4/h7-11H,1-6H3. The molecule has 0 bridgehead atoms. The van der Waals surface area contributed by atoms with E-state index in [2.05, 4.69) is 74.9 Å². The molecule has 0 radical (unpaired) electrons. The van der Waals surface area contributed by atoms with Gasteiger partial charge in [-0.1, -0.05) is 48.8 Å². The Bertz CT molecular complexity index is 382. The van der Waals surface area contributed by atoms with Crippen LogP contribution in [-0.4, -0.2) is 8.32 Å². The van der Waals surface area contributed by atoms with E-state index in [0.29, 0.717) is 0 Å². The van der Waals surface area contributed by atoms with Crippen molar-refractivity contribution in [2.24, 2.45) is 0 Å². The summed E-state index contributed by atoms with van der Waals surface area (Å²) in [7, 11) is -1.68. The van der Waals surface area contributed by atoms with Gasteiger partial charge in [0, 0.05) is 4.47 Å². The second-order valence-electron chi connectivity index (χ2n) is 6.08. The van der Waals surface area contributed by atoms with Gasteiger partial charge in [0.2, 0.25) is 0 Å². The van der Waals surface area contributed by atoms with Gasteiger partial charge in [-0.15, -0.1) is 0 Å². The minimum absolute atomic E-state index is 0.161. The molecule has 0 aliphatic heterocycles. The summed E-state index contributed by atoms with van der Waals surface area (Å²) in [5.41, 5.74) is 1.24. The van der Waals surface area contributed by atoms with E-state index in [1.807, 2.05) is 6.07 Å². The molecule has 0 heterocycles. The smallest absolute Gasteiger partial charge is 0.192 e. The zero-order valence-electron chi connectivity index (χ0n) is 11.7. The lowest BCUT2D eigenvalue weighted by molar-refractivity contribution is 0.203. The van der Waals surface area contributed by atoms with E-state index < -0.39 is 8.32 Å². The third-order valence-corrected chi connectivity index (χ3v) is 8.64. The monoisotopic (exact) mass is 314 g/mol. The molecule has 0 amide bonds. The number of benzene rings is 1. The molecule has 0 N–H and O–H groups in total. The summed E-state index contributed by atoms with van der Waals surface area (Å²) in [6, 6.07) is 8.37. The molecule has 1 atom stereocenters. The Labute approximate surface area is 115 Å². The maximum absolute atomic E-state index is 6.36. The summed E-state index contributed by atoms with van der Waals surface area (Å²) in [5, 5.41) is 0.257. The third-order valence-electron chi connectivity index (χ3n) is 3.60. The fourth-order valence-corrected chi connectivity index (χ4v) is 3.24. The summed E-state index contributed by atoms with van der Waals surface area (Å²) in [4.78, 5) is 0. The lowest BCUT2D eigenvalue weighted by atomic mass is 10.1. The molecule has 0 spiro atoms. The molecule has 0 saturated carbocycles. The van der Waals surface area contributed by atoms with Crippen molar-refractivity contribution in [3.63, 3.8) is 0 Å². The van der Waals surface area contributed by atoms with Gasteiger partial charge in [-0.2, -0.15) is 0 Å². The van der Waals surface area contributed by atoms with Crippen molar-refractivity contribution in [3.8, 4) is 0 Å². The maximum Gasteiger partial charge on any atom is 0.192 e. The quantitative estimate of drug-likeness (QED) is 0.666. The number of rotatable bonds is 3. The van der Waals surface area contributed by atoms with Gasteiger partial charge in [-0.3, -0.25) is 0 Å². The number of hydrogen-bond acceptors (Lipinski definition) is 1. The molecular formula is C14H23BrOSi. The van der Waals surface area contributed by atoms with Crippen molar-refractivity contribution in [1.29, 1.82) is 0 Å². The second-order valence-corrected chi connectivity index (χ2v) is 11.7. The molecule has 0 aromatic heterocycles. The van der Waals surface area contributed by atoms with Gasteiger partial charge in [-0.05, 0) is 42.8 Å². The Balaban J connectivity index is 2.83. The van der Waals surface area contributed by atoms with E-state index in [9.17, 15) is 0 Å². The first-order valence-electron chi connectivity index (χ1n) is 6.07. The normalized spacial score (nSPS) is 14.8. The second kappa shape index (κ2) is 5.25. The Morgan fingerprint density at radius 1 is 1.24 bits per heavy atom. The first-order valence-corrected chi connectivity index (χ1v) is 9.77. The third kappa shape index (κ3) is 3.93. The van der Waals surface area contributed by atoms with E-state index in [0.717, 1.165) is 4.47 Å². The largest absolute Gasteiger partial charge is 0.410 e. The predicted molar refractivity (Wildman–Crippen MR) is 80.8 cm³/mol. The van der Waals surface area contributed by atoms with Crippen LogP contribution < -0.4 is 0 Å². The lowest BCUT2D eigenvalue weighted by Gasteiger charge is -2.38. The molecule has 1 aromatic carbocycles. The molecule has 1 rings (SSSR count). The van der Waals surface area contributed by atoms with Crippen molar-refractivity contribution >= 4 is 24.2 Å². The van der Waals surface area contributed by atoms with Gasteiger partial charge in [0.25, 0.3) is 0 Å². The zero-order valence-corrected chi connectivity index (χ0v) is 14.3. The summed E-state index contributed by atoms with van der Waals surface area (Å²) < 4.78 is 7.47. The van der Waals surface area contributed by atoms with Crippen LogP contribution in [0.3, 0.4) is 0 Å². The molecule has 3 heteroatoms. The van der Waals surface area contributed by atoms with Crippen molar-refractivity contribution in [1.82, 2.24) is 0 Å². The average molecular weight is 315 g/mol. The van der Waals surface area contributed by atoms with Crippen LogP contribution in [0.15, 0.2) is 28.7 Å². The van der Waals surface area contributed by atoms with E-state index >= 15 is 0 Å². The summed E-state index contributed by atoms with van der Waals surface area (Å²) in [6.45, 7) is 13.5. The molecule has 0 fully saturated rings. The molecule has 0 saturated heterocycles. The zero-order chi connectivity index (χ0) is 13.3. The summed E-state index contributed by atoms with van der Waals surface area (Å²) in [6.07, 6.45) is 0.161. The number of hydrogen-bond donors (Lipinski definition) is 0. The highest BCUT2D eigenvalue weighted by Crippen LogP contribution is 2.39. The molecule has 1 aromatic rings. The molecule has 96 valence electrons. The van der Waals surface area contributed by atoms with Gasteiger partial charge >= 0.3 is 0 Å². The van der Waals surface area contributed by atoms with E-state index in [1.165, 1.54) is 5.56 Å². The maximum atomic E-state index is 6.36. The van der Waals surface area contributed by atoms with Crippen LogP contribution in [0.2, 0.25) is 18.1 Å². The Morgan fingerprint density at radius 3 is 2.29 bits per heavy atom. The topological polar surface area (TPSA) is 9.23 Å². The van der Waals surface area contributed by atoms with Crippen LogP contribution >= 0.6 is 15.9 Å². The van der Waals surface area contributed by atoms with Gasteiger partial charge in [0.15, 0.2) is 8.32 Å². The molecule has 17 heavy (non-hydrogen) atoms. The Hall–Kier alpha value is -0.123. The van der Waals surface area contributed by atoms with Gasteiger partial charge in [0.05, 0.1) is 6.10 Å². The average Bonchev–Trinajstić information content (AvgIpc) is 2.15. The van der Waals surface area contributed by atoms with Crippen LogP contribution in [-0.2, 0) is 4.43 Å². The highest BCUT2D eigenvalue weighted by molar-refractivity contribution is 9.10. The van der Waals surface area contributed by atoms with E-state index in [4.69, 9.17) is 4.43 Å².